The maximum Gasteiger partial charge on any atom is 0.308 e. The third-order valence-electron chi connectivity index (χ3n) is 7.03. The van der Waals surface area contributed by atoms with E-state index in [9.17, 15) is 19.2 Å². The maximum absolute atomic E-state index is 12.9. The minimum absolute atomic E-state index is 0.0184. The van der Waals surface area contributed by atoms with E-state index in [1.807, 2.05) is 0 Å². The highest BCUT2D eigenvalue weighted by molar-refractivity contribution is 6.06. The van der Waals surface area contributed by atoms with Gasteiger partial charge in [0.1, 0.15) is 0 Å². The van der Waals surface area contributed by atoms with Crippen LogP contribution in [-0.2, 0) is 19.1 Å². The van der Waals surface area contributed by atoms with Gasteiger partial charge in [0, 0.05) is 12.1 Å². The highest BCUT2D eigenvalue weighted by Gasteiger charge is 2.66. The molecule has 1 aromatic rings. The lowest BCUT2D eigenvalue weighted by molar-refractivity contribution is -0.148. The van der Waals surface area contributed by atoms with Crippen LogP contribution in [0.2, 0.25) is 0 Å². The molecule has 1 aliphatic heterocycles. The Morgan fingerprint density at radius 3 is 2.21 bits per heavy atom. The predicted octanol–water partition coefficient (Wildman–Crippen LogP) is 2.24. The number of carbonyl (C=O) groups excluding carboxylic acids is 4. The third-order valence-corrected chi connectivity index (χ3v) is 7.03. The lowest BCUT2D eigenvalue weighted by Gasteiger charge is -2.37. The standard InChI is InChI=1S/C23H23NO5/c1-12(21(26)13-5-3-2-4-6-13)29-18(25)9-10-24-22(27)19-14-7-8-15(17-11-16(14)17)20(19)23(24)28/h2-8,12,14-17,19-20H,9-11H2,1H3/t12-,14-,15-,16-,17-,19+,20+/m0/s1. The van der Waals surface area contributed by atoms with Gasteiger partial charge in [-0.15, -0.1) is 0 Å². The molecule has 2 bridgehead atoms. The Kier molecular flexibility index (Phi) is 4.19. The van der Waals surface area contributed by atoms with Crippen molar-refractivity contribution in [1.29, 1.82) is 0 Å². The van der Waals surface area contributed by atoms with E-state index >= 15 is 0 Å². The number of benzene rings is 1. The van der Waals surface area contributed by atoms with Crippen molar-refractivity contribution in [2.24, 2.45) is 35.5 Å². The van der Waals surface area contributed by atoms with E-state index in [0.29, 0.717) is 17.4 Å². The third kappa shape index (κ3) is 2.84. The Bertz CT molecular complexity index is 886. The minimum Gasteiger partial charge on any atom is -0.454 e. The SMILES string of the molecule is C[C@H](OC(=O)CCN1C(=O)[C@@H]2[C@H]3C=C[C@@H]([C@@H]4C[C@@H]34)[C@H]2C1=O)C(=O)c1ccccc1. The number of carbonyl (C=O) groups is 4. The molecule has 0 unspecified atom stereocenters. The Labute approximate surface area is 168 Å². The van der Waals surface area contributed by atoms with E-state index < -0.39 is 12.1 Å². The number of ketones is 1. The molecule has 0 radical (unpaired) electrons. The molecule has 0 spiro atoms. The maximum atomic E-state index is 12.9. The molecule has 1 heterocycles. The average molecular weight is 393 g/mol. The average Bonchev–Trinajstić information content (AvgIpc) is 3.51. The van der Waals surface area contributed by atoms with Gasteiger partial charge < -0.3 is 4.74 Å². The summed E-state index contributed by atoms with van der Waals surface area (Å²) in [6.45, 7) is 1.55. The molecule has 3 fully saturated rings. The van der Waals surface area contributed by atoms with E-state index in [-0.39, 0.29) is 54.2 Å². The second-order valence-electron chi connectivity index (χ2n) is 8.60. The number of imide groups is 1. The number of allylic oxidation sites excluding steroid dienone is 2. The normalized spacial score (nSPS) is 34.6. The number of nitrogens with zero attached hydrogens (tertiary/aromatic N) is 1. The zero-order valence-electron chi connectivity index (χ0n) is 16.2. The number of likely N-dealkylation sites (tertiary alicyclic amines) is 1. The Hall–Kier alpha value is -2.76. The Morgan fingerprint density at radius 1 is 1.03 bits per heavy atom. The fraction of sp³-hybridized carbons (Fsp3) is 0.478. The summed E-state index contributed by atoms with van der Waals surface area (Å²) in [7, 11) is 0. The van der Waals surface area contributed by atoms with Crippen molar-refractivity contribution in [2.75, 3.05) is 6.54 Å². The largest absolute Gasteiger partial charge is 0.454 e. The fourth-order valence-electron chi connectivity index (χ4n) is 5.59. The van der Waals surface area contributed by atoms with Gasteiger partial charge in [-0.2, -0.15) is 0 Å². The zero-order chi connectivity index (χ0) is 20.3. The summed E-state index contributed by atoms with van der Waals surface area (Å²) in [5, 5.41) is 0. The molecule has 0 aromatic heterocycles. The van der Waals surface area contributed by atoms with Gasteiger partial charge in [0.2, 0.25) is 17.6 Å². The van der Waals surface area contributed by atoms with E-state index in [2.05, 4.69) is 12.2 Å². The molecule has 0 N–H and O–H groups in total. The number of rotatable bonds is 6. The molecule has 1 saturated heterocycles. The van der Waals surface area contributed by atoms with E-state index in [1.54, 1.807) is 30.3 Å². The first-order valence-corrected chi connectivity index (χ1v) is 10.3. The summed E-state index contributed by atoms with van der Waals surface area (Å²) in [6, 6.07) is 8.64. The Balaban J connectivity index is 1.19. The molecule has 2 saturated carbocycles. The van der Waals surface area contributed by atoms with Crippen LogP contribution >= 0.6 is 0 Å². The smallest absolute Gasteiger partial charge is 0.308 e. The number of amides is 2. The topological polar surface area (TPSA) is 80.8 Å². The van der Waals surface area contributed by atoms with Crippen molar-refractivity contribution < 1.29 is 23.9 Å². The van der Waals surface area contributed by atoms with Crippen LogP contribution in [0.1, 0.15) is 30.1 Å². The van der Waals surface area contributed by atoms with Crippen LogP contribution in [0.25, 0.3) is 0 Å². The van der Waals surface area contributed by atoms with Crippen LogP contribution in [-0.4, -0.2) is 41.1 Å². The van der Waals surface area contributed by atoms with Gasteiger partial charge in [-0.05, 0) is 37.0 Å². The first-order chi connectivity index (χ1) is 14.0. The molecule has 7 atom stereocenters. The van der Waals surface area contributed by atoms with Crippen molar-refractivity contribution in [3.8, 4) is 0 Å². The van der Waals surface area contributed by atoms with Gasteiger partial charge >= 0.3 is 5.97 Å². The van der Waals surface area contributed by atoms with Crippen molar-refractivity contribution >= 4 is 23.6 Å². The molecule has 29 heavy (non-hydrogen) atoms. The van der Waals surface area contributed by atoms with Gasteiger partial charge in [0.05, 0.1) is 18.3 Å². The van der Waals surface area contributed by atoms with Gasteiger partial charge in [-0.1, -0.05) is 42.5 Å². The monoisotopic (exact) mass is 393 g/mol. The lowest BCUT2D eigenvalue weighted by Crippen LogP contribution is -2.40. The molecule has 6 heteroatoms. The van der Waals surface area contributed by atoms with Crippen molar-refractivity contribution in [3.63, 3.8) is 0 Å². The second kappa shape index (κ2) is 6.65. The summed E-state index contributed by atoms with van der Waals surface area (Å²) in [5.41, 5.74) is 0.475. The summed E-state index contributed by atoms with van der Waals surface area (Å²) in [4.78, 5) is 51.6. The van der Waals surface area contributed by atoms with Crippen LogP contribution in [0.15, 0.2) is 42.5 Å². The highest BCUT2D eigenvalue weighted by atomic mass is 16.5. The van der Waals surface area contributed by atoms with Gasteiger partial charge in [0.25, 0.3) is 0 Å². The number of Topliss-reactive ketones (excluding diaryl/α,β-unsaturated/α-hetero) is 1. The molecule has 6 rings (SSSR count). The van der Waals surface area contributed by atoms with Crippen molar-refractivity contribution in [1.82, 2.24) is 4.90 Å². The van der Waals surface area contributed by atoms with Crippen LogP contribution in [0, 0.1) is 35.5 Å². The molecule has 2 amide bonds. The zero-order valence-corrected chi connectivity index (χ0v) is 16.2. The second-order valence-corrected chi connectivity index (χ2v) is 8.60. The van der Waals surface area contributed by atoms with E-state index in [4.69, 9.17) is 4.74 Å². The van der Waals surface area contributed by atoms with Crippen molar-refractivity contribution in [2.45, 2.75) is 25.9 Å². The number of hydrogen-bond donors (Lipinski definition) is 0. The number of hydrogen-bond acceptors (Lipinski definition) is 5. The van der Waals surface area contributed by atoms with Crippen molar-refractivity contribution in [3.05, 3.63) is 48.0 Å². The molecule has 6 nitrogen and oxygen atoms in total. The first kappa shape index (κ1) is 18.3. The van der Waals surface area contributed by atoms with E-state index in [0.717, 1.165) is 6.42 Å². The molecular formula is C23H23NO5. The number of esters is 1. The highest BCUT2D eigenvalue weighted by Crippen LogP contribution is 2.65. The Morgan fingerprint density at radius 2 is 1.62 bits per heavy atom. The quantitative estimate of drug-likeness (QED) is 0.320. The minimum atomic E-state index is -0.912. The van der Waals surface area contributed by atoms with Gasteiger partial charge in [-0.25, -0.2) is 0 Å². The van der Waals surface area contributed by atoms with E-state index in [1.165, 1.54) is 11.8 Å². The van der Waals surface area contributed by atoms with Crippen LogP contribution in [0.4, 0.5) is 0 Å². The summed E-state index contributed by atoms with van der Waals surface area (Å²) in [6.07, 6.45) is 4.36. The summed E-state index contributed by atoms with van der Waals surface area (Å²) >= 11 is 0. The first-order valence-electron chi connectivity index (χ1n) is 10.3. The molecule has 1 aromatic carbocycles. The number of ether oxygens (including phenoxy) is 1. The molecular weight excluding hydrogens is 370 g/mol. The van der Waals surface area contributed by atoms with Gasteiger partial charge in [0.15, 0.2) is 6.10 Å². The molecule has 4 aliphatic carbocycles. The van der Waals surface area contributed by atoms with Crippen LogP contribution in [0.3, 0.4) is 0 Å². The fourth-order valence-corrected chi connectivity index (χ4v) is 5.59. The van der Waals surface area contributed by atoms with Crippen LogP contribution < -0.4 is 0 Å². The summed E-state index contributed by atoms with van der Waals surface area (Å²) < 4.78 is 5.24. The lowest BCUT2D eigenvalue weighted by atomic mass is 9.63. The predicted molar refractivity (Wildman–Crippen MR) is 102 cm³/mol. The summed E-state index contributed by atoms with van der Waals surface area (Å²) in [5.74, 6) is -0.209. The van der Waals surface area contributed by atoms with Gasteiger partial charge in [-0.3, -0.25) is 24.1 Å². The molecule has 150 valence electrons. The van der Waals surface area contributed by atoms with Crippen LogP contribution in [0.5, 0.6) is 0 Å². The molecule has 5 aliphatic rings.